The number of hydrogen-bond donors (Lipinski definition) is 0. The van der Waals surface area contributed by atoms with Crippen molar-refractivity contribution in [3.05, 3.63) is 101 Å². The third-order valence-electron chi connectivity index (χ3n) is 5.96. The summed E-state index contributed by atoms with van der Waals surface area (Å²) in [6, 6.07) is 23.1. The number of hydrogen-bond acceptors (Lipinski definition) is 3. The van der Waals surface area contributed by atoms with E-state index in [1.807, 2.05) is 68.4 Å². The first-order chi connectivity index (χ1) is 15.3. The molecule has 0 saturated carbocycles. The normalized spacial score (nSPS) is 21.3. The molecule has 0 N–H and O–H groups in total. The molecule has 4 nitrogen and oxygen atoms in total. The van der Waals surface area contributed by atoms with Crippen molar-refractivity contribution in [2.24, 2.45) is 0 Å². The molecule has 0 aliphatic carbocycles. The summed E-state index contributed by atoms with van der Waals surface area (Å²) in [6.45, 7) is 4.94. The molecule has 0 aromatic heterocycles. The molecular formula is C26H23FN2O2S. The van der Waals surface area contributed by atoms with Crippen molar-refractivity contribution >= 4 is 29.3 Å². The molecule has 5 rings (SSSR count). The molecule has 3 aromatic rings. The Bertz CT molecular complexity index is 1200. The molecule has 2 aliphatic heterocycles. The van der Waals surface area contributed by atoms with Gasteiger partial charge in [-0.25, -0.2) is 4.39 Å². The first-order valence-corrected chi connectivity index (χ1v) is 11.4. The lowest BCUT2D eigenvalue weighted by Gasteiger charge is -2.33. The van der Waals surface area contributed by atoms with E-state index >= 15 is 0 Å². The lowest BCUT2D eigenvalue weighted by atomic mass is 10.0. The van der Waals surface area contributed by atoms with E-state index in [9.17, 15) is 14.0 Å². The predicted molar refractivity (Wildman–Crippen MR) is 125 cm³/mol. The minimum Gasteiger partial charge on any atom is -0.310 e. The van der Waals surface area contributed by atoms with E-state index in [1.165, 1.54) is 36.0 Å². The van der Waals surface area contributed by atoms with Crippen LogP contribution in [-0.2, 0) is 16.2 Å². The maximum atomic E-state index is 14.1. The summed E-state index contributed by atoms with van der Waals surface area (Å²) in [5, 5.41) is 0. The summed E-state index contributed by atoms with van der Waals surface area (Å²) in [4.78, 5) is 30.1. The van der Waals surface area contributed by atoms with Gasteiger partial charge in [0.1, 0.15) is 5.82 Å². The lowest BCUT2D eigenvalue weighted by Crippen LogP contribution is -2.50. The Balaban J connectivity index is 1.62. The number of carbonyl (C=O) groups is 2. The van der Waals surface area contributed by atoms with Crippen LogP contribution < -0.4 is 4.90 Å². The minimum absolute atomic E-state index is 0.117. The smallest absolute Gasteiger partial charge is 0.268 e. The molecule has 162 valence electrons. The third kappa shape index (κ3) is 3.21. The van der Waals surface area contributed by atoms with E-state index in [4.69, 9.17) is 0 Å². The van der Waals surface area contributed by atoms with Crippen LogP contribution in [0.1, 0.15) is 35.3 Å². The lowest BCUT2D eigenvalue weighted by molar-refractivity contribution is -0.123. The monoisotopic (exact) mass is 446 g/mol. The summed E-state index contributed by atoms with van der Waals surface area (Å²) in [6.07, 6.45) is 0. The number of thioether (sulfide) groups is 1. The van der Waals surface area contributed by atoms with Crippen LogP contribution in [0.5, 0.6) is 0 Å². The van der Waals surface area contributed by atoms with Gasteiger partial charge in [0.05, 0.1) is 12.2 Å². The van der Waals surface area contributed by atoms with Crippen molar-refractivity contribution < 1.29 is 14.0 Å². The van der Waals surface area contributed by atoms with Crippen LogP contribution in [0.4, 0.5) is 10.1 Å². The Kier molecular flexibility index (Phi) is 4.86. The van der Waals surface area contributed by atoms with Crippen LogP contribution in [0.2, 0.25) is 0 Å². The fourth-order valence-corrected chi connectivity index (χ4v) is 6.36. The first kappa shape index (κ1) is 20.8. The van der Waals surface area contributed by atoms with Crippen molar-refractivity contribution in [1.29, 1.82) is 0 Å². The van der Waals surface area contributed by atoms with Crippen LogP contribution in [0.15, 0.2) is 78.9 Å². The van der Waals surface area contributed by atoms with E-state index in [1.54, 1.807) is 9.80 Å². The standard InChI is InChI=1S/C26H23FN2O2S/c1-25(2)17-29(23(30)19-12-14-20(27)15-13-19)26(32-25)21-10-6-7-11-22(21)28(24(26)31)16-18-8-4-3-5-9-18/h3-15H,16-17H2,1-2H3. The summed E-state index contributed by atoms with van der Waals surface area (Å²) >= 11 is 1.52. The Morgan fingerprint density at radius 1 is 0.969 bits per heavy atom. The molecule has 2 aliphatic rings. The van der Waals surface area contributed by atoms with E-state index in [0.717, 1.165) is 16.8 Å². The number of carbonyl (C=O) groups excluding carboxylic acids is 2. The van der Waals surface area contributed by atoms with Gasteiger partial charge >= 0.3 is 0 Å². The van der Waals surface area contributed by atoms with E-state index in [0.29, 0.717) is 18.7 Å². The van der Waals surface area contributed by atoms with Gasteiger partial charge in [0.25, 0.3) is 11.8 Å². The van der Waals surface area contributed by atoms with Crippen LogP contribution in [0.3, 0.4) is 0 Å². The molecular weight excluding hydrogens is 423 g/mol. The molecule has 6 heteroatoms. The Hall–Kier alpha value is -3.12. The molecule has 2 amide bonds. The van der Waals surface area contributed by atoms with Gasteiger partial charge in [0, 0.05) is 22.4 Å². The van der Waals surface area contributed by atoms with Crippen molar-refractivity contribution in [3.63, 3.8) is 0 Å². The highest BCUT2D eigenvalue weighted by Crippen LogP contribution is 2.60. The van der Waals surface area contributed by atoms with Crippen molar-refractivity contribution in [3.8, 4) is 0 Å². The minimum atomic E-state index is -1.15. The number of benzene rings is 3. The molecule has 1 atom stereocenters. The highest BCUT2D eigenvalue weighted by Gasteiger charge is 2.63. The summed E-state index contributed by atoms with van der Waals surface area (Å²) in [7, 11) is 0. The van der Waals surface area contributed by atoms with E-state index in [2.05, 4.69) is 0 Å². The van der Waals surface area contributed by atoms with Gasteiger partial charge in [-0.2, -0.15) is 0 Å². The highest BCUT2D eigenvalue weighted by atomic mass is 32.2. The molecule has 1 spiro atoms. The summed E-state index contributed by atoms with van der Waals surface area (Å²) in [5.41, 5.74) is 3.04. The number of nitrogens with zero attached hydrogens (tertiary/aromatic N) is 2. The molecule has 32 heavy (non-hydrogen) atoms. The number of para-hydroxylation sites is 1. The second-order valence-corrected chi connectivity index (χ2v) is 10.7. The maximum Gasteiger partial charge on any atom is 0.268 e. The molecule has 1 unspecified atom stereocenters. The largest absolute Gasteiger partial charge is 0.310 e. The Morgan fingerprint density at radius 3 is 2.34 bits per heavy atom. The first-order valence-electron chi connectivity index (χ1n) is 10.5. The van der Waals surface area contributed by atoms with Gasteiger partial charge in [-0.15, -0.1) is 11.8 Å². The second-order valence-electron chi connectivity index (χ2n) is 8.80. The van der Waals surface area contributed by atoms with Gasteiger partial charge in [-0.3, -0.25) is 9.59 Å². The fraction of sp³-hybridized carbons (Fsp3) is 0.231. The van der Waals surface area contributed by atoms with Crippen molar-refractivity contribution in [2.75, 3.05) is 11.4 Å². The molecule has 0 radical (unpaired) electrons. The number of amides is 2. The van der Waals surface area contributed by atoms with E-state index < -0.39 is 10.7 Å². The van der Waals surface area contributed by atoms with Gasteiger partial charge in [0.2, 0.25) is 0 Å². The Labute approximate surface area is 191 Å². The number of rotatable bonds is 3. The van der Waals surface area contributed by atoms with E-state index in [-0.39, 0.29) is 16.6 Å². The highest BCUT2D eigenvalue weighted by molar-refractivity contribution is 8.02. The topological polar surface area (TPSA) is 40.6 Å². The molecule has 1 saturated heterocycles. The number of halogens is 1. The van der Waals surface area contributed by atoms with Crippen LogP contribution in [0.25, 0.3) is 0 Å². The molecule has 3 aromatic carbocycles. The third-order valence-corrected chi connectivity index (χ3v) is 7.55. The van der Waals surface area contributed by atoms with Gasteiger partial charge < -0.3 is 9.80 Å². The van der Waals surface area contributed by atoms with Gasteiger partial charge in [-0.05, 0) is 49.7 Å². The predicted octanol–water partition coefficient (Wildman–Crippen LogP) is 5.19. The van der Waals surface area contributed by atoms with Gasteiger partial charge in [0.15, 0.2) is 4.87 Å². The zero-order chi connectivity index (χ0) is 22.5. The second kappa shape index (κ2) is 7.48. The van der Waals surface area contributed by atoms with Crippen molar-refractivity contribution in [2.45, 2.75) is 30.0 Å². The molecule has 1 fully saturated rings. The van der Waals surface area contributed by atoms with Crippen molar-refractivity contribution in [1.82, 2.24) is 4.90 Å². The molecule has 2 heterocycles. The van der Waals surface area contributed by atoms with Gasteiger partial charge in [-0.1, -0.05) is 48.5 Å². The average Bonchev–Trinajstić information content (AvgIpc) is 3.21. The zero-order valence-corrected chi connectivity index (χ0v) is 18.7. The number of fused-ring (bicyclic) bond motifs is 2. The van der Waals surface area contributed by atoms with Crippen LogP contribution >= 0.6 is 11.8 Å². The quantitative estimate of drug-likeness (QED) is 0.556. The average molecular weight is 447 g/mol. The summed E-state index contributed by atoms with van der Waals surface area (Å²) < 4.78 is 13.1. The van der Waals surface area contributed by atoms with Crippen LogP contribution in [0, 0.1) is 5.82 Å². The molecule has 0 bridgehead atoms. The van der Waals surface area contributed by atoms with Crippen LogP contribution in [-0.4, -0.2) is 28.0 Å². The number of anilines is 1. The Morgan fingerprint density at radius 2 is 1.62 bits per heavy atom. The summed E-state index contributed by atoms with van der Waals surface area (Å²) in [5.74, 6) is -0.787. The SMILES string of the molecule is CC1(C)CN(C(=O)c2ccc(F)cc2)C2(S1)C(=O)N(Cc1ccccc1)c1ccccc12. The zero-order valence-electron chi connectivity index (χ0n) is 17.9. The maximum absolute atomic E-state index is 14.1. The fourth-order valence-electron chi connectivity index (χ4n) is 4.63.